The van der Waals surface area contributed by atoms with Crippen molar-refractivity contribution in [2.45, 2.75) is 77.2 Å². The van der Waals surface area contributed by atoms with E-state index in [-0.39, 0.29) is 11.2 Å². The maximum absolute atomic E-state index is 11.6. The van der Waals surface area contributed by atoms with Crippen molar-refractivity contribution < 1.29 is 14.3 Å². The predicted octanol–water partition coefficient (Wildman–Crippen LogP) is 6.48. The first-order chi connectivity index (χ1) is 14.6. The molecule has 1 saturated heterocycles. The molecule has 1 aliphatic heterocycles. The van der Waals surface area contributed by atoms with Crippen LogP contribution in [0, 0.1) is 0 Å². The van der Waals surface area contributed by atoms with E-state index in [4.69, 9.17) is 16.3 Å². The third-order valence-electron chi connectivity index (χ3n) is 5.05. The molecule has 4 nitrogen and oxygen atoms in total. The van der Waals surface area contributed by atoms with Gasteiger partial charge < -0.3 is 9.64 Å². The number of likely N-dealkylation sites (tertiary alicyclic amines) is 1. The lowest BCUT2D eigenvalue weighted by Crippen LogP contribution is -2.30. The smallest absolute Gasteiger partial charge is 0.306 e. The van der Waals surface area contributed by atoms with Crippen molar-refractivity contribution in [1.29, 1.82) is 0 Å². The molecular weight excluding hydrogens is 466 g/mol. The molecule has 0 radical (unpaired) electrons. The zero-order chi connectivity index (χ0) is 21.9. The summed E-state index contributed by atoms with van der Waals surface area (Å²) in [6.45, 7) is 4.12. The van der Waals surface area contributed by atoms with Crippen LogP contribution >= 0.6 is 27.5 Å². The summed E-state index contributed by atoms with van der Waals surface area (Å²) >= 11 is 8.40. The van der Waals surface area contributed by atoms with Gasteiger partial charge in [-0.25, -0.2) is 0 Å². The first kappa shape index (κ1) is 27.1. The summed E-state index contributed by atoms with van der Waals surface area (Å²) in [6.07, 6.45) is 11.6. The molecular formula is C24H37BrClNO3. The summed E-state index contributed by atoms with van der Waals surface area (Å²) in [4.78, 5) is 24.4. The summed E-state index contributed by atoms with van der Waals surface area (Å²) in [6, 6.07) is 9.85. The number of nitrogens with zero attached hydrogens (tertiary/aromatic N) is 1. The highest BCUT2D eigenvalue weighted by atomic mass is 79.9. The van der Waals surface area contributed by atoms with Gasteiger partial charge in [0.25, 0.3) is 0 Å². The Labute approximate surface area is 195 Å². The van der Waals surface area contributed by atoms with Crippen LogP contribution < -0.4 is 0 Å². The first-order valence-corrected chi connectivity index (χ1v) is 12.8. The molecule has 0 aromatic heterocycles. The van der Waals surface area contributed by atoms with Crippen LogP contribution in [0.2, 0.25) is 0 Å². The van der Waals surface area contributed by atoms with E-state index in [9.17, 15) is 9.59 Å². The average molecular weight is 503 g/mol. The van der Waals surface area contributed by atoms with Crippen LogP contribution in [0.1, 0.15) is 76.2 Å². The Hall–Kier alpha value is -0.910. The molecule has 1 aromatic carbocycles. The van der Waals surface area contributed by atoms with Gasteiger partial charge in [-0.1, -0.05) is 65.5 Å². The van der Waals surface area contributed by atoms with Crippen molar-refractivity contribution in [3.63, 3.8) is 0 Å². The number of carbonyl (C=O) groups excluding carboxylic acids is 2. The van der Waals surface area contributed by atoms with Crippen LogP contribution in [0.25, 0.3) is 0 Å². The lowest BCUT2D eigenvalue weighted by atomic mass is 10.1. The van der Waals surface area contributed by atoms with Gasteiger partial charge in [-0.05, 0) is 75.3 Å². The molecule has 170 valence electrons. The van der Waals surface area contributed by atoms with Gasteiger partial charge in [-0.2, -0.15) is 0 Å². The lowest BCUT2D eigenvalue weighted by molar-refractivity contribution is -0.145. The van der Waals surface area contributed by atoms with E-state index in [0.29, 0.717) is 19.4 Å². The van der Waals surface area contributed by atoms with Gasteiger partial charge in [0.1, 0.15) is 6.61 Å². The average Bonchev–Trinajstić information content (AvgIpc) is 2.77. The maximum atomic E-state index is 11.6. The number of benzene rings is 1. The Morgan fingerprint density at radius 3 is 2.23 bits per heavy atom. The van der Waals surface area contributed by atoms with E-state index in [1.807, 2.05) is 30.3 Å². The van der Waals surface area contributed by atoms with Gasteiger partial charge in [0, 0.05) is 18.2 Å². The highest BCUT2D eigenvalue weighted by Crippen LogP contribution is 2.11. The molecule has 1 heterocycles. The number of hydrogen-bond acceptors (Lipinski definition) is 4. The molecule has 0 unspecified atom stereocenters. The topological polar surface area (TPSA) is 46.6 Å². The molecule has 0 saturated carbocycles. The molecule has 6 heteroatoms. The second-order valence-electron chi connectivity index (χ2n) is 7.71. The third kappa shape index (κ3) is 15.9. The number of carbonyl (C=O) groups is 2. The summed E-state index contributed by atoms with van der Waals surface area (Å²) in [5.41, 5.74) is 1.05. The van der Waals surface area contributed by atoms with Crippen molar-refractivity contribution in [2.24, 2.45) is 0 Å². The Kier molecular flexibility index (Phi) is 17.0. The molecule has 0 aliphatic carbocycles. The molecule has 30 heavy (non-hydrogen) atoms. The molecule has 1 fully saturated rings. The van der Waals surface area contributed by atoms with Gasteiger partial charge in [-0.15, -0.1) is 0 Å². The second-order valence-corrected chi connectivity index (χ2v) is 8.93. The zero-order valence-electron chi connectivity index (χ0n) is 18.1. The summed E-state index contributed by atoms with van der Waals surface area (Å²) < 4.78 is 5.28. The number of rotatable bonds is 13. The number of piperidine rings is 1. The van der Waals surface area contributed by atoms with E-state index < -0.39 is 0 Å². The minimum Gasteiger partial charge on any atom is -0.461 e. The Bertz CT molecular complexity index is 565. The number of unbranched alkanes of at least 4 members (excludes halogenated alkanes) is 4. The van der Waals surface area contributed by atoms with Crippen molar-refractivity contribution in [1.82, 2.24) is 4.90 Å². The molecule has 2 rings (SSSR count). The monoisotopic (exact) mass is 501 g/mol. The minimum absolute atomic E-state index is 0.0724. The highest BCUT2D eigenvalue weighted by molar-refractivity contribution is 9.09. The van der Waals surface area contributed by atoms with Crippen molar-refractivity contribution >= 4 is 38.7 Å². The maximum Gasteiger partial charge on any atom is 0.306 e. The van der Waals surface area contributed by atoms with Crippen LogP contribution in [0.4, 0.5) is 0 Å². The molecule has 0 spiro atoms. The van der Waals surface area contributed by atoms with Crippen LogP contribution in [0.15, 0.2) is 30.3 Å². The standard InChI is InChI=1S/C18H27NO2.C6H10BrClO/c20-18(21-16-17-10-4-1-5-11-17)12-6-2-7-13-19-14-8-3-9-15-19;7-5-3-1-2-4-6(8)9/h1,4-5,10-11H,2-3,6-9,12-16H2;1-5H2. The molecule has 1 aliphatic rings. The Balaban J connectivity index is 0.000000424. The second kappa shape index (κ2) is 18.8. The molecule has 0 amide bonds. The van der Waals surface area contributed by atoms with E-state index in [1.165, 1.54) is 45.3 Å². The largest absolute Gasteiger partial charge is 0.461 e. The molecule has 0 atom stereocenters. The fraction of sp³-hybridized carbons (Fsp3) is 0.667. The SMILES string of the molecule is O=C(CCCCCN1CCCCC1)OCc1ccccc1.O=C(Cl)CCCCCBr. The Morgan fingerprint density at radius 2 is 1.57 bits per heavy atom. The highest BCUT2D eigenvalue weighted by Gasteiger charge is 2.09. The van der Waals surface area contributed by atoms with Gasteiger partial charge in [0.2, 0.25) is 5.24 Å². The fourth-order valence-electron chi connectivity index (χ4n) is 3.31. The third-order valence-corrected chi connectivity index (χ3v) is 5.80. The van der Waals surface area contributed by atoms with Crippen LogP contribution in [-0.4, -0.2) is 41.1 Å². The number of esters is 1. The van der Waals surface area contributed by atoms with Gasteiger partial charge in [-0.3, -0.25) is 9.59 Å². The van der Waals surface area contributed by atoms with E-state index in [1.54, 1.807) is 0 Å². The first-order valence-electron chi connectivity index (χ1n) is 11.3. The quantitative estimate of drug-likeness (QED) is 0.134. The van der Waals surface area contributed by atoms with Gasteiger partial charge in [0.05, 0.1) is 0 Å². The fourth-order valence-corrected chi connectivity index (χ4v) is 3.84. The molecule has 1 aromatic rings. The normalized spacial score (nSPS) is 13.9. The van der Waals surface area contributed by atoms with Gasteiger partial charge in [0.15, 0.2) is 0 Å². The van der Waals surface area contributed by atoms with Crippen LogP contribution in [0.3, 0.4) is 0 Å². The minimum atomic E-state index is -0.218. The van der Waals surface area contributed by atoms with E-state index >= 15 is 0 Å². The predicted molar refractivity (Wildman–Crippen MR) is 128 cm³/mol. The summed E-state index contributed by atoms with van der Waals surface area (Å²) in [5.74, 6) is -0.0724. The van der Waals surface area contributed by atoms with Crippen molar-refractivity contribution in [3.8, 4) is 0 Å². The lowest BCUT2D eigenvalue weighted by Gasteiger charge is -2.26. The number of ether oxygens (including phenoxy) is 1. The van der Waals surface area contributed by atoms with E-state index in [0.717, 1.165) is 43.0 Å². The van der Waals surface area contributed by atoms with E-state index in [2.05, 4.69) is 20.8 Å². The summed E-state index contributed by atoms with van der Waals surface area (Å²) in [5, 5.41) is 0.799. The Morgan fingerprint density at radius 1 is 0.900 bits per heavy atom. The van der Waals surface area contributed by atoms with Crippen LogP contribution in [0.5, 0.6) is 0 Å². The summed E-state index contributed by atoms with van der Waals surface area (Å²) in [7, 11) is 0. The molecule has 0 bridgehead atoms. The van der Waals surface area contributed by atoms with Gasteiger partial charge >= 0.3 is 5.97 Å². The van der Waals surface area contributed by atoms with Crippen LogP contribution in [-0.2, 0) is 20.9 Å². The number of halogens is 2. The number of alkyl halides is 1. The molecule has 0 N–H and O–H groups in total. The zero-order valence-corrected chi connectivity index (χ0v) is 20.5. The van der Waals surface area contributed by atoms with Crippen molar-refractivity contribution in [3.05, 3.63) is 35.9 Å². The van der Waals surface area contributed by atoms with Crippen molar-refractivity contribution in [2.75, 3.05) is 25.0 Å². The number of hydrogen-bond donors (Lipinski definition) is 0.